The maximum atomic E-state index is 12.5. The maximum Gasteiger partial charge on any atom is 0.227 e. The number of nitrogens with zero attached hydrogens (tertiary/aromatic N) is 1. The zero-order valence-electron chi connectivity index (χ0n) is 5.97. The topological polar surface area (TPSA) is 22.1 Å². The fourth-order valence-electron chi connectivity index (χ4n) is 0.645. The van der Waals surface area contributed by atoms with E-state index < -0.39 is 0 Å². The molecular formula is C7H7FINO. The molecule has 0 amide bonds. The third-order valence-corrected chi connectivity index (χ3v) is 1.83. The summed E-state index contributed by atoms with van der Waals surface area (Å²) in [6, 6.07) is 1.39. The minimum atomic E-state index is -0.335. The number of aromatic nitrogens is 1. The molecule has 0 aliphatic carbocycles. The molecule has 0 fully saturated rings. The Hall–Kier alpha value is -0.390. The maximum absolute atomic E-state index is 12.5. The van der Waals surface area contributed by atoms with E-state index in [4.69, 9.17) is 4.74 Å². The number of hydrogen-bond acceptors (Lipinski definition) is 2. The van der Waals surface area contributed by atoms with E-state index in [0.717, 1.165) is 6.20 Å². The fraction of sp³-hybridized carbons (Fsp3) is 0.286. The first-order valence-corrected chi connectivity index (χ1v) is 4.25. The lowest BCUT2D eigenvalue weighted by atomic mass is 10.5. The molecule has 60 valence electrons. The van der Waals surface area contributed by atoms with Gasteiger partial charge in [-0.2, -0.15) is 0 Å². The van der Waals surface area contributed by atoms with Crippen LogP contribution < -0.4 is 4.74 Å². The smallest absolute Gasteiger partial charge is 0.227 e. The average molecular weight is 267 g/mol. The van der Waals surface area contributed by atoms with E-state index in [1.54, 1.807) is 0 Å². The van der Waals surface area contributed by atoms with Crippen LogP contribution in [0.25, 0.3) is 0 Å². The Balaban J connectivity index is 2.90. The molecular weight excluding hydrogens is 260 g/mol. The normalized spacial score (nSPS) is 9.73. The Morgan fingerprint density at radius 2 is 2.45 bits per heavy atom. The lowest BCUT2D eigenvalue weighted by Crippen LogP contribution is -1.96. The van der Waals surface area contributed by atoms with Crippen LogP contribution in [0.2, 0.25) is 0 Å². The molecule has 0 unspecified atom stereocenters. The number of hydrogen-bond donors (Lipinski definition) is 0. The lowest BCUT2D eigenvalue weighted by Gasteiger charge is -2.02. The van der Waals surface area contributed by atoms with Gasteiger partial charge in [-0.3, -0.25) is 0 Å². The first-order chi connectivity index (χ1) is 5.24. The molecule has 0 aliphatic heterocycles. The van der Waals surface area contributed by atoms with Crippen LogP contribution in [-0.4, -0.2) is 11.6 Å². The first-order valence-electron chi connectivity index (χ1n) is 3.18. The molecule has 1 heterocycles. The molecule has 0 bridgehead atoms. The Morgan fingerprint density at radius 3 is 3.00 bits per heavy atom. The van der Waals surface area contributed by atoms with E-state index in [1.165, 1.54) is 6.07 Å². The predicted molar refractivity (Wildman–Crippen MR) is 48.1 cm³/mol. The first kappa shape index (κ1) is 8.70. The van der Waals surface area contributed by atoms with Crippen molar-refractivity contribution in [1.29, 1.82) is 0 Å². The second-order valence-corrected chi connectivity index (χ2v) is 3.04. The number of ether oxygens (including phenoxy) is 1. The van der Waals surface area contributed by atoms with Gasteiger partial charge >= 0.3 is 0 Å². The quantitative estimate of drug-likeness (QED) is 0.766. The third kappa shape index (κ3) is 2.28. The monoisotopic (exact) mass is 267 g/mol. The third-order valence-electron chi connectivity index (χ3n) is 1.06. The zero-order chi connectivity index (χ0) is 8.27. The molecule has 1 aromatic heterocycles. The van der Waals surface area contributed by atoms with E-state index in [9.17, 15) is 4.39 Å². The Bertz CT molecular complexity index is 254. The van der Waals surface area contributed by atoms with Crippen molar-refractivity contribution < 1.29 is 9.13 Å². The van der Waals surface area contributed by atoms with Crippen molar-refractivity contribution in [2.24, 2.45) is 0 Å². The molecule has 1 aromatic rings. The molecule has 1 rings (SSSR count). The summed E-state index contributed by atoms with van der Waals surface area (Å²) in [5, 5.41) is 0. The van der Waals surface area contributed by atoms with Gasteiger partial charge in [-0.05, 0) is 35.6 Å². The molecule has 2 nitrogen and oxygen atoms in total. The number of rotatable bonds is 2. The molecule has 0 spiro atoms. The van der Waals surface area contributed by atoms with Crippen LogP contribution in [-0.2, 0) is 0 Å². The second-order valence-electron chi connectivity index (χ2n) is 1.87. The van der Waals surface area contributed by atoms with Gasteiger partial charge in [0.2, 0.25) is 5.88 Å². The Labute approximate surface area is 77.9 Å². The summed E-state index contributed by atoms with van der Waals surface area (Å²) in [5.41, 5.74) is 0. The minimum Gasteiger partial charge on any atom is -0.477 e. The van der Waals surface area contributed by atoms with Crippen molar-refractivity contribution in [3.8, 4) is 5.88 Å². The van der Waals surface area contributed by atoms with Crippen LogP contribution in [0.1, 0.15) is 6.92 Å². The van der Waals surface area contributed by atoms with Crippen LogP contribution in [0, 0.1) is 9.39 Å². The van der Waals surface area contributed by atoms with Crippen LogP contribution in [0.4, 0.5) is 4.39 Å². The summed E-state index contributed by atoms with van der Waals surface area (Å²) >= 11 is 1.98. The lowest BCUT2D eigenvalue weighted by molar-refractivity contribution is 0.323. The second kappa shape index (κ2) is 3.85. The molecule has 0 saturated heterocycles. The van der Waals surface area contributed by atoms with Gasteiger partial charge in [0.05, 0.1) is 16.4 Å². The van der Waals surface area contributed by atoms with Crippen LogP contribution in [0.5, 0.6) is 5.88 Å². The van der Waals surface area contributed by atoms with Crippen molar-refractivity contribution in [3.05, 3.63) is 21.7 Å². The minimum absolute atomic E-state index is 0.335. The molecule has 0 aliphatic rings. The molecule has 0 aromatic carbocycles. The molecule has 0 saturated carbocycles. The molecule has 0 atom stereocenters. The molecule has 4 heteroatoms. The van der Waals surface area contributed by atoms with Gasteiger partial charge in [-0.25, -0.2) is 9.37 Å². The van der Waals surface area contributed by atoms with Gasteiger partial charge in [0.15, 0.2) is 0 Å². The highest BCUT2D eigenvalue weighted by Gasteiger charge is 2.01. The largest absolute Gasteiger partial charge is 0.477 e. The summed E-state index contributed by atoms with van der Waals surface area (Å²) in [6.45, 7) is 2.41. The van der Waals surface area contributed by atoms with Gasteiger partial charge in [0.25, 0.3) is 0 Å². The van der Waals surface area contributed by atoms with E-state index in [0.29, 0.717) is 16.1 Å². The van der Waals surface area contributed by atoms with Gasteiger partial charge in [-0.15, -0.1) is 0 Å². The fourth-order valence-corrected chi connectivity index (χ4v) is 1.24. The van der Waals surface area contributed by atoms with Crippen LogP contribution >= 0.6 is 22.6 Å². The van der Waals surface area contributed by atoms with E-state index in [-0.39, 0.29) is 5.82 Å². The van der Waals surface area contributed by atoms with E-state index in [1.807, 2.05) is 29.5 Å². The van der Waals surface area contributed by atoms with Crippen molar-refractivity contribution in [2.45, 2.75) is 6.92 Å². The van der Waals surface area contributed by atoms with Gasteiger partial charge in [0.1, 0.15) is 5.82 Å². The van der Waals surface area contributed by atoms with E-state index in [2.05, 4.69) is 4.98 Å². The standard InChI is InChI=1S/C7H7FINO/c1-2-11-7-6(9)3-5(8)4-10-7/h3-4H,2H2,1H3. The zero-order valence-corrected chi connectivity index (χ0v) is 8.13. The summed E-state index contributed by atoms with van der Waals surface area (Å²) < 4.78 is 18.3. The molecule has 11 heavy (non-hydrogen) atoms. The number of halogens is 2. The van der Waals surface area contributed by atoms with Gasteiger partial charge in [0, 0.05) is 0 Å². The van der Waals surface area contributed by atoms with Crippen molar-refractivity contribution >= 4 is 22.6 Å². The number of pyridine rings is 1. The summed E-state index contributed by atoms with van der Waals surface area (Å²) in [6.07, 6.45) is 1.15. The highest BCUT2D eigenvalue weighted by Crippen LogP contribution is 2.17. The highest BCUT2D eigenvalue weighted by molar-refractivity contribution is 14.1. The Kier molecular flexibility index (Phi) is 3.04. The van der Waals surface area contributed by atoms with Crippen molar-refractivity contribution in [3.63, 3.8) is 0 Å². The predicted octanol–water partition coefficient (Wildman–Crippen LogP) is 2.22. The van der Waals surface area contributed by atoms with Gasteiger partial charge in [-0.1, -0.05) is 0 Å². The van der Waals surface area contributed by atoms with Crippen molar-refractivity contribution in [2.75, 3.05) is 6.61 Å². The van der Waals surface area contributed by atoms with Gasteiger partial charge < -0.3 is 4.74 Å². The van der Waals surface area contributed by atoms with E-state index >= 15 is 0 Å². The molecule has 0 N–H and O–H groups in total. The highest BCUT2D eigenvalue weighted by atomic mass is 127. The summed E-state index contributed by atoms with van der Waals surface area (Å²) in [4.78, 5) is 3.76. The van der Waals surface area contributed by atoms with Crippen LogP contribution in [0.15, 0.2) is 12.3 Å². The Morgan fingerprint density at radius 1 is 1.73 bits per heavy atom. The molecule has 0 radical (unpaired) electrons. The summed E-state index contributed by atoms with van der Waals surface area (Å²) in [7, 11) is 0. The van der Waals surface area contributed by atoms with Crippen molar-refractivity contribution in [1.82, 2.24) is 4.98 Å². The summed E-state index contributed by atoms with van der Waals surface area (Å²) in [5.74, 6) is 0.160. The SMILES string of the molecule is CCOc1ncc(F)cc1I. The average Bonchev–Trinajstić information content (AvgIpc) is 1.95. The van der Waals surface area contributed by atoms with Crippen LogP contribution in [0.3, 0.4) is 0 Å².